The summed E-state index contributed by atoms with van der Waals surface area (Å²) in [5.74, 6) is 1.78. The number of ether oxygens (including phenoxy) is 2. The number of pyridine rings is 1. The van der Waals surface area contributed by atoms with E-state index in [9.17, 15) is 0 Å². The number of fused-ring (bicyclic) bond motifs is 1. The van der Waals surface area contributed by atoms with Gasteiger partial charge in [0.15, 0.2) is 0 Å². The maximum absolute atomic E-state index is 6.52. The third kappa shape index (κ3) is 2.47. The highest BCUT2D eigenvalue weighted by molar-refractivity contribution is 5.44. The minimum atomic E-state index is -0.123. The van der Waals surface area contributed by atoms with Gasteiger partial charge >= 0.3 is 0 Å². The summed E-state index contributed by atoms with van der Waals surface area (Å²) < 4.78 is 10.7. The fourth-order valence-electron chi connectivity index (χ4n) is 3.10. The Morgan fingerprint density at radius 1 is 1.24 bits per heavy atom. The van der Waals surface area contributed by atoms with Crippen LogP contribution in [0, 0.1) is 0 Å². The lowest BCUT2D eigenvalue weighted by Crippen LogP contribution is -2.19. The van der Waals surface area contributed by atoms with E-state index in [1.54, 1.807) is 14.2 Å². The van der Waals surface area contributed by atoms with Gasteiger partial charge in [0, 0.05) is 35.5 Å². The van der Waals surface area contributed by atoms with E-state index in [-0.39, 0.29) is 12.0 Å². The summed E-state index contributed by atoms with van der Waals surface area (Å²) in [4.78, 5) is 4.53. The normalized spacial score (nSPS) is 18.1. The standard InChI is InChI=1S/C17H20N2O2/c1-20-12-6-8-13(15(10-12)21-2)16(18)14-7-5-11-4-3-9-19-17(11)14/h3-4,6,8-10,14,16H,5,7,18H2,1-2H3. The Hall–Kier alpha value is -2.07. The van der Waals surface area contributed by atoms with Crippen molar-refractivity contribution in [2.24, 2.45) is 5.73 Å². The van der Waals surface area contributed by atoms with Crippen LogP contribution < -0.4 is 15.2 Å². The molecule has 0 saturated carbocycles. The summed E-state index contributed by atoms with van der Waals surface area (Å²) in [6.45, 7) is 0. The molecule has 1 aromatic carbocycles. The molecule has 0 bridgehead atoms. The second-order valence-corrected chi connectivity index (χ2v) is 5.33. The highest BCUT2D eigenvalue weighted by atomic mass is 16.5. The number of aromatic nitrogens is 1. The molecule has 1 heterocycles. The van der Waals surface area contributed by atoms with E-state index < -0.39 is 0 Å². The van der Waals surface area contributed by atoms with Gasteiger partial charge in [-0.05, 0) is 30.5 Å². The van der Waals surface area contributed by atoms with Gasteiger partial charge in [-0.3, -0.25) is 4.98 Å². The average molecular weight is 284 g/mol. The van der Waals surface area contributed by atoms with Crippen LogP contribution in [0.2, 0.25) is 0 Å². The zero-order valence-corrected chi connectivity index (χ0v) is 12.4. The Balaban J connectivity index is 1.94. The largest absolute Gasteiger partial charge is 0.497 e. The molecule has 4 heteroatoms. The first kappa shape index (κ1) is 13.9. The molecule has 0 aliphatic heterocycles. The average Bonchev–Trinajstić information content (AvgIpc) is 2.97. The van der Waals surface area contributed by atoms with Crippen molar-refractivity contribution in [1.82, 2.24) is 4.98 Å². The van der Waals surface area contributed by atoms with Gasteiger partial charge < -0.3 is 15.2 Å². The van der Waals surface area contributed by atoms with E-state index >= 15 is 0 Å². The second kappa shape index (κ2) is 5.74. The molecule has 1 aromatic heterocycles. The Morgan fingerprint density at radius 2 is 2.10 bits per heavy atom. The number of rotatable bonds is 4. The number of methoxy groups -OCH3 is 2. The quantitative estimate of drug-likeness (QED) is 0.938. The van der Waals surface area contributed by atoms with Gasteiger partial charge in [-0.1, -0.05) is 12.1 Å². The number of aryl methyl sites for hydroxylation is 1. The van der Waals surface area contributed by atoms with Gasteiger partial charge in [0.2, 0.25) is 0 Å². The van der Waals surface area contributed by atoms with Crippen molar-refractivity contribution in [3.63, 3.8) is 0 Å². The van der Waals surface area contributed by atoms with E-state index in [0.29, 0.717) is 0 Å². The molecule has 2 unspecified atom stereocenters. The van der Waals surface area contributed by atoms with Crippen molar-refractivity contribution in [2.45, 2.75) is 24.8 Å². The van der Waals surface area contributed by atoms with Gasteiger partial charge in [-0.25, -0.2) is 0 Å². The first-order valence-electron chi connectivity index (χ1n) is 7.16. The molecule has 110 valence electrons. The molecule has 0 fully saturated rings. The molecule has 3 rings (SSSR count). The molecule has 0 amide bonds. The minimum absolute atomic E-state index is 0.123. The monoisotopic (exact) mass is 284 g/mol. The van der Waals surface area contributed by atoms with Crippen LogP contribution in [-0.4, -0.2) is 19.2 Å². The summed E-state index contributed by atoms with van der Waals surface area (Å²) in [5.41, 5.74) is 9.96. The summed E-state index contributed by atoms with van der Waals surface area (Å²) in [5, 5.41) is 0. The Bertz CT molecular complexity index is 642. The lowest BCUT2D eigenvalue weighted by Gasteiger charge is -2.22. The number of hydrogen-bond acceptors (Lipinski definition) is 4. The molecule has 0 saturated heterocycles. The van der Waals surface area contributed by atoms with Gasteiger partial charge in [0.25, 0.3) is 0 Å². The minimum Gasteiger partial charge on any atom is -0.497 e. The van der Waals surface area contributed by atoms with E-state index in [1.807, 2.05) is 30.5 Å². The maximum Gasteiger partial charge on any atom is 0.127 e. The predicted octanol–water partition coefficient (Wildman–Crippen LogP) is 2.83. The first-order valence-corrected chi connectivity index (χ1v) is 7.16. The smallest absolute Gasteiger partial charge is 0.127 e. The van der Waals surface area contributed by atoms with Crippen molar-refractivity contribution in [1.29, 1.82) is 0 Å². The molecule has 1 aliphatic carbocycles. The maximum atomic E-state index is 6.52. The molecule has 1 aliphatic rings. The fraction of sp³-hybridized carbons (Fsp3) is 0.353. The third-order valence-electron chi connectivity index (χ3n) is 4.24. The first-order chi connectivity index (χ1) is 10.2. The van der Waals surface area contributed by atoms with Crippen molar-refractivity contribution >= 4 is 0 Å². The van der Waals surface area contributed by atoms with E-state index in [0.717, 1.165) is 35.6 Å². The van der Waals surface area contributed by atoms with Crippen LogP contribution >= 0.6 is 0 Å². The molecular formula is C17H20N2O2. The third-order valence-corrected chi connectivity index (χ3v) is 4.24. The van der Waals surface area contributed by atoms with Crippen molar-refractivity contribution in [2.75, 3.05) is 14.2 Å². The Labute approximate surface area is 124 Å². The lowest BCUT2D eigenvalue weighted by atomic mass is 9.91. The van der Waals surface area contributed by atoms with Gasteiger partial charge in [0.1, 0.15) is 11.5 Å². The SMILES string of the molecule is COc1ccc(C(N)C2CCc3cccnc32)c(OC)c1. The summed E-state index contributed by atoms with van der Waals surface area (Å²) in [6.07, 6.45) is 3.91. The van der Waals surface area contributed by atoms with Crippen LogP contribution in [0.3, 0.4) is 0 Å². The molecular weight excluding hydrogens is 264 g/mol. The molecule has 2 atom stereocenters. The molecule has 0 spiro atoms. The van der Waals surface area contributed by atoms with Crippen LogP contribution in [0.4, 0.5) is 0 Å². The fourth-order valence-corrected chi connectivity index (χ4v) is 3.10. The van der Waals surface area contributed by atoms with Crippen LogP contribution in [0.5, 0.6) is 11.5 Å². The van der Waals surface area contributed by atoms with Crippen LogP contribution in [0.15, 0.2) is 36.5 Å². The van der Waals surface area contributed by atoms with E-state index in [1.165, 1.54) is 5.56 Å². The van der Waals surface area contributed by atoms with Crippen LogP contribution in [0.1, 0.15) is 35.2 Å². The summed E-state index contributed by atoms with van der Waals surface area (Å²) >= 11 is 0. The number of benzene rings is 1. The molecule has 2 N–H and O–H groups in total. The van der Waals surface area contributed by atoms with E-state index in [2.05, 4.69) is 11.1 Å². The Kier molecular flexibility index (Phi) is 3.80. The highest BCUT2D eigenvalue weighted by Gasteiger charge is 2.31. The molecule has 0 radical (unpaired) electrons. The Morgan fingerprint density at radius 3 is 2.86 bits per heavy atom. The second-order valence-electron chi connectivity index (χ2n) is 5.33. The van der Waals surface area contributed by atoms with Crippen LogP contribution in [0.25, 0.3) is 0 Å². The van der Waals surface area contributed by atoms with Crippen molar-refractivity contribution in [3.05, 3.63) is 53.3 Å². The lowest BCUT2D eigenvalue weighted by molar-refractivity contribution is 0.384. The number of nitrogens with two attached hydrogens (primary N) is 1. The molecule has 4 nitrogen and oxygen atoms in total. The van der Waals surface area contributed by atoms with Crippen molar-refractivity contribution < 1.29 is 9.47 Å². The van der Waals surface area contributed by atoms with Gasteiger partial charge in [-0.2, -0.15) is 0 Å². The zero-order valence-electron chi connectivity index (χ0n) is 12.4. The number of hydrogen-bond donors (Lipinski definition) is 1. The predicted molar refractivity (Wildman–Crippen MR) is 81.8 cm³/mol. The highest BCUT2D eigenvalue weighted by Crippen LogP contribution is 2.42. The van der Waals surface area contributed by atoms with Crippen LogP contribution in [-0.2, 0) is 6.42 Å². The van der Waals surface area contributed by atoms with Crippen molar-refractivity contribution in [3.8, 4) is 11.5 Å². The number of nitrogens with zero attached hydrogens (tertiary/aromatic N) is 1. The summed E-state index contributed by atoms with van der Waals surface area (Å²) in [6, 6.07) is 9.79. The van der Waals surface area contributed by atoms with E-state index in [4.69, 9.17) is 15.2 Å². The topological polar surface area (TPSA) is 57.4 Å². The van der Waals surface area contributed by atoms with Gasteiger partial charge in [-0.15, -0.1) is 0 Å². The zero-order chi connectivity index (χ0) is 14.8. The van der Waals surface area contributed by atoms with Gasteiger partial charge in [0.05, 0.1) is 14.2 Å². The summed E-state index contributed by atoms with van der Waals surface area (Å²) in [7, 11) is 3.30. The molecule has 2 aromatic rings. The molecule has 21 heavy (non-hydrogen) atoms.